The van der Waals surface area contributed by atoms with Crippen LogP contribution in [0.1, 0.15) is 6.92 Å². The number of benzene rings is 2. The van der Waals surface area contributed by atoms with E-state index >= 15 is 0 Å². The third-order valence-electron chi connectivity index (χ3n) is 3.55. The average Bonchev–Trinajstić information content (AvgIpc) is 2.33. The number of hydrogen-bond donors (Lipinski definition) is 0. The van der Waals surface area contributed by atoms with E-state index in [9.17, 15) is 0 Å². The van der Waals surface area contributed by atoms with Gasteiger partial charge in [-0.3, -0.25) is 0 Å². The molecule has 0 aliphatic carbocycles. The van der Waals surface area contributed by atoms with E-state index in [0.717, 1.165) is 0 Å². The van der Waals surface area contributed by atoms with Crippen LogP contribution in [0.3, 0.4) is 0 Å². The molecule has 16 heavy (non-hydrogen) atoms. The van der Waals surface area contributed by atoms with Gasteiger partial charge in [0, 0.05) is 6.92 Å². The summed E-state index contributed by atoms with van der Waals surface area (Å²) in [7, 11) is 4.24. The highest BCUT2D eigenvalue weighted by molar-refractivity contribution is 6.10. The summed E-state index contributed by atoms with van der Waals surface area (Å²) in [6, 6.07) is 13.0. The van der Waals surface area contributed by atoms with Crippen molar-refractivity contribution in [1.29, 1.82) is 0 Å². The summed E-state index contributed by atoms with van der Waals surface area (Å²) in [5, 5.41) is 2.65. The Morgan fingerprint density at radius 3 is 2.50 bits per heavy atom. The van der Waals surface area contributed by atoms with Gasteiger partial charge in [-0.05, 0) is 17.5 Å². The fourth-order valence-electron chi connectivity index (χ4n) is 2.43. The predicted octanol–water partition coefficient (Wildman–Crippen LogP) is 2.98. The maximum atomic E-state index is 2.25. The van der Waals surface area contributed by atoms with Gasteiger partial charge in [-0.25, -0.2) is 9.48 Å². The van der Waals surface area contributed by atoms with Crippen molar-refractivity contribution < 1.29 is 4.58 Å². The summed E-state index contributed by atoms with van der Waals surface area (Å²) in [6.45, 7) is 2.15. The average molecular weight is 211 g/mol. The van der Waals surface area contributed by atoms with Crippen molar-refractivity contribution >= 4 is 28.0 Å². The second kappa shape index (κ2) is 3.08. The van der Waals surface area contributed by atoms with E-state index in [1.807, 2.05) is 0 Å². The Kier molecular flexibility index (Phi) is 1.81. The maximum absolute atomic E-state index is 2.25. The molecule has 0 N–H and O–H groups in total. The highest BCUT2D eigenvalue weighted by Crippen LogP contribution is 2.36. The normalized spacial score (nSPS) is 14.8. The molecule has 2 nitrogen and oxygen atoms in total. The van der Waals surface area contributed by atoms with Gasteiger partial charge in [0.15, 0.2) is 0 Å². The molecule has 3 rings (SSSR count). The van der Waals surface area contributed by atoms with E-state index in [1.165, 1.54) is 28.0 Å². The molecule has 2 aromatic rings. The largest absolute Gasteiger partial charge is 0.253 e. The van der Waals surface area contributed by atoms with Crippen molar-refractivity contribution in [3.05, 3.63) is 36.4 Å². The molecule has 0 amide bonds. The van der Waals surface area contributed by atoms with Crippen LogP contribution in [0.2, 0.25) is 0 Å². The van der Waals surface area contributed by atoms with Gasteiger partial charge in [0.1, 0.15) is 11.4 Å². The van der Waals surface area contributed by atoms with Crippen LogP contribution in [-0.2, 0) is 0 Å². The molecule has 1 aliphatic rings. The Bertz CT molecular complexity index is 606. The van der Waals surface area contributed by atoms with Gasteiger partial charge in [0.2, 0.25) is 0 Å². The zero-order valence-corrected chi connectivity index (χ0v) is 9.86. The van der Waals surface area contributed by atoms with Crippen LogP contribution in [0.4, 0.5) is 11.4 Å². The van der Waals surface area contributed by atoms with Gasteiger partial charge in [0.25, 0.3) is 5.84 Å². The van der Waals surface area contributed by atoms with Crippen molar-refractivity contribution in [3.8, 4) is 0 Å². The van der Waals surface area contributed by atoms with E-state index < -0.39 is 0 Å². The van der Waals surface area contributed by atoms with Crippen LogP contribution in [-0.4, -0.2) is 24.5 Å². The Morgan fingerprint density at radius 2 is 1.75 bits per heavy atom. The molecule has 2 heteroatoms. The molecule has 0 bridgehead atoms. The van der Waals surface area contributed by atoms with Crippen LogP contribution in [0.15, 0.2) is 36.4 Å². The first-order chi connectivity index (χ1) is 7.70. The fraction of sp³-hybridized carbons (Fsp3) is 0.214. The van der Waals surface area contributed by atoms with Crippen LogP contribution >= 0.6 is 0 Å². The number of amidine groups is 1. The summed E-state index contributed by atoms with van der Waals surface area (Å²) < 4.78 is 2.25. The molecule has 0 fully saturated rings. The number of hydrogen-bond acceptors (Lipinski definition) is 1. The second-order valence-electron chi connectivity index (χ2n) is 4.32. The molecule has 0 spiro atoms. The van der Waals surface area contributed by atoms with Crippen LogP contribution in [0.5, 0.6) is 0 Å². The van der Waals surface area contributed by atoms with Crippen molar-refractivity contribution in [2.75, 3.05) is 19.0 Å². The quantitative estimate of drug-likeness (QED) is 0.607. The summed E-state index contributed by atoms with van der Waals surface area (Å²) >= 11 is 0. The zero-order valence-electron chi connectivity index (χ0n) is 9.86. The minimum atomic E-state index is 1.26. The molecule has 0 saturated heterocycles. The van der Waals surface area contributed by atoms with Crippen LogP contribution in [0, 0.1) is 0 Å². The predicted molar refractivity (Wildman–Crippen MR) is 68.9 cm³/mol. The Hall–Kier alpha value is -1.83. The topological polar surface area (TPSA) is 6.25 Å². The van der Waals surface area contributed by atoms with Gasteiger partial charge in [0.05, 0.1) is 19.5 Å². The van der Waals surface area contributed by atoms with Gasteiger partial charge in [-0.1, -0.05) is 24.3 Å². The van der Waals surface area contributed by atoms with Crippen LogP contribution in [0.25, 0.3) is 10.8 Å². The molecule has 1 aliphatic heterocycles. The Morgan fingerprint density at radius 1 is 1.06 bits per heavy atom. The first-order valence-electron chi connectivity index (χ1n) is 5.53. The van der Waals surface area contributed by atoms with Gasteiger partial charge >= 0.3 is 0 Å². The molecule has 0 atom stereocenters. The van der Waals surface area contributed by atoms with E-state index in [-0.39, 0.29) is 0 Å². The minimum absolute atomic E-state index is 1.26. The second-order valence-corrected chi connectivity index (χ2v) is 4.32. The molecule has 0 saturated carbocycles. The minimum Gasteiger partial charge on any atom is -0.233 e. The SMILES string of the molecule is CC1=[N+](C)c2cccc3cccc(c23)N1C. The van der Waals surface area contributed by atoms with E-state index in [1.54, 1.807) is 0 Å². The maximum Gasteiger partial charge on any atom is 0.253 e. The summed E-state index contributed by atoms with van der Waals surface area (Å²) in [5.74, 6) is 1.26. The van der Waals surface area contributed by atoms with Crippen molar-refractivity contribution in [2.45, 2.75) is 6.92 Å². The van der Waals surface area contributed by atoms with E-state index in [0.29, 0.717) is 0 Å². The molecule has 2 aromatic carbocycles. The summed E-state index contributed by atoms with van der Waals surface area (Å²) in [5.41, 5.74) is 2.59. The molecule has 0 radical (unpaired) electrons. The lowest BCUT2D eigenvalue weighted by Crippen LogP contribution is -2.32. The standard InChI is InChI=1S/C14H15N2/c1-10-15(2)12-8-4-6-11-7-5-9-13(14(11)12)16(10)3/h4-9H,1-3H3/q+1. The van der Waals surface area contributed by atoms with Crippen LogP contribution < -0.4 is 4.90 Å². The van der Waals surface area contributed by atoms with Crippen molar-refractivity contribution in [1.82, 2.24) is 0 Å². The fourth-order valence-corrected chi connectivity index (χ4v) is 2.43. The third-order valence-corrected chi connectivity index (χ3v) is 3.55. The van der Waals surface area contributed by atoms with Crippen molar-refractivity contribution in [2.24, 2.45) is 0 Å². The molecule has 1 heterocycles. The van der Waals surface area contributed by atoms with Gasteiger partial charge < -0.3 is 0 Å². The lowest BCUT2D eigenvalue weighted by Gasteiger charge is -2.22. The highest BCUT2D eigenvalue weighted by Gasteiger charge is 2.26. The Labute approximate surface area is 95.4 Å². The first-order valence-corrected chi connectivity index (χ1v) is 5.53. The molecule has 80 valence electrons. The lowest BCUT2D eigenvalue weighted by molar-refractivity contribution is -0.405. The number of nitrogens with zero attached hydrogens (tertiary/aromatic N) is 2. The summed E-state index contributed by atoms with van der Waals surface area (Å²) in [6.07, 6.45) is 0. The number of anilines is 1. The molecular formula is C14H15N2+. The van der Waals surface area contributed by atoms with Crippen molar-refractivity contribution in [3.63, 3.8) is 0 Å². The molecular weight excluding hydrogens is 196 g/mol. The monoisotopic (exact) mass is 211 g/mol. The summed E-state index contributed by atoms with van der Waals surface area (Å²) in [4.78, 5) is 2.25. The molecule has 0 unspecified atom stereocenters. The van der Waals surface area contributed by atoms with Gasteiger partial charge in [-0.2, -0.15) is 0 Å². The van der Waals surface area contributed by atoms with E-state index in [4.69, 9.17) is 0 Å². The third kappa shape index (κ3) is 1.04. The highest BCUT2D eigenvalue weighted by atomic mass is 15.2. The lowest BCUT2D eigenvalue weighted by atomic mass is 10.0. The Balaban J connectivity index is 2.52. The number of rotatable bonds is 0. The first kappa shape index (κ1) is 9.40. The molecule has 0 aromatic heterocycles. The smallest absolute Gasteiger partial charge is 0.233 e. The van der Waals surface area contributed by atoms with E-state index in [2.05, 4.69) is 66.9 Å². The van der Waals surface area contributed by atoms with Gasteiger partial charge in [-0.15, -0.1) is 0 Å². The zero-order chi connectivity index (χ0) is 11.3.